The minimum atomic E-state index is -1.13. The molecule has 3 rings (SSSR count). The molecule has 1 saturated heterocycles. The van der Waals surface area contributed by atoms with Crippen molar-refractivity contribution in [2.75, 3.05) is 5.32 Å². The van der Waals surface area contributed by atoms with Crippen molar-refractivity contribution in [1.82, 2.24) is 0 Å². The molecule has 1 spiro atoms. The zero-order chi connectivity index (χ0) is 14.3. The maximum absolute atomic E-state index is 12.4. The van der Waals surface area contributed by atoms with Crippen LogP contribution < -0.4 is 5.32 Å². The average Bonchev–Trinajstić information content (AvgIpc) is 2.63. The van der Waals surface area contributed by atoms with Crippen LogP contribution in [-0.4, -0.2) is 17.8 Å². The van der Waals surface area contributed by atoms with Gasteiger partial charge in [-0.15, -0.1) is 0 Å². The summed E-state index contributed by atoms with van der Waals surface area (Å²) in [7, 11) is 0. The molecule has 1 N–H and O–H groups in total. The standard InChI is InChI=1S/C15H16BrNO3/c1-2-3-11-7-10(18)8-15(20-11)12-6-9(16)4-5-13(12)17-14(15)19/h4-6,11H,2-3,7-8H2,1H3,(H,17,19)/t11-,15+/m1/s1. The summed E-state index contributed by atoms with van der Waals surface area (Å²) in [5.74, 6) is -0.127. The Balaban J connectivity index is 2.05. The molecule has 5 heteroatoms. The third-order valence-electron chi connectivity index (χ3n) is 3.91. The number of amides is 1. The van der Waals surface area contributed by atoms with Gasteiger partial charge in [0.05, 0.1) is 6.10 Å². The summed E-state index contributed by atoms with van der Waals surface area (Å²) in [6.07, 6.45) is 2.09. The van der Waals surface area contributed by atoms with Crippen LogP contribution in [0.5, 0.6) is 0 Å². The van der Waals surface area contributed by atoms with Crippen LogP contribution >= 0.6 is 15.9 Å². The molecule has 0 unspecified atom stereocenters. The molecule has 1 fully saturated rings. The van der Waals surface area contributed by atoms with Crippen molar-refractivity contribution in [3.05, 3.63) is 28.2 Å². The van der Waals surface area contributed by atoms with Crippen molar-refractivity contribution < 1.29 is 14.3 Å². The van der Waals surface area contributed by atoms with E-state index >= 15 is 0 Å². The average molecular weight is 338 g/mol. The smallest absolute Gasteiger partial charge is 0.261 e. The molecule has 0 aliphatic carbocycles. The molecule has 0 bridgehead atoms. The molecule has 1 aromatic carbocycles. The van der Waals surface area contributed by atoms with Crippen molar-refractivity contribution in [1.29, 1.82) is 0 Å². The van der Waals surface area contributed by atoms with E-state index in [-0.39, 0.29) is 24.2 Å². The number of ketones is 1. The van der Waals surface area contributed by atoms with E-state index in [1.165, 1.54) is 0 Å². The number of fused-ring (bicyclic) bond motifs is 2. The first-order chi connectivity index (χ1) is 9.55. The maximum Gasteiger partial charge on any atom is 0.261 e. The molecule has 4 nitrogen and oxygen atoms in total. The maximum atomic E-state index is 12.4. The number of rotatable bonds is 2. The van der Waals surface area contributed by atoms with Crippen molar-refractivity contribution in [2.45, 2.75) is 44.3 Å². The van der Waals surface area contributed by atoms with Gasteiger partial charge in [-0.3, -0.25) is 9.59 Å². The molecule has 2 atom stereocenters. The molecule has 0 aromatic heterocycles. The first-order valence-corrected chi connectivity index (χ1v) is 7.65. The Morgan fingerprint density at radius 2 is 2.25 bits per heavy atom. The van der Waals surface area contributed by atoms with Gasteiger partial charge in [-0.05, 0) is 24.6 Å². The second-order valence-corrected chi connectivity index (χ2v) is 6.33. The lowest BCUT2D eigenvalue weighted by Gasteiger charge is -2.36. The fourth-order valence-corrected chi connectivity index (χ4v) is 3.41. The number of carbonyl (C=O) groups is 2. The van der Waals surface area contributed by atoms with E-state index in [1.807, 2.05) is 25.1 Å². The van der Waals surface area contributed by atoms with Crippen molar-refractivity contribution >= 4 is 33.3 Å². The topological polar surface area (TPSA) is 55.4 Å². The summed E-state index contributed by atoms with van der Waals surface area (Å²) < 4.78 is 6.96. The van der Waals surface area contributed by atoms with Crippen LogP contribution in [0.3, 0.4) is 0 Å². The van der Waals surface area contributed by atoms with Crippen LogP contribution in [-0.2, 0) is 19.9 Å². The highest BCUT2D eigenvalue weighted by atomic mass is 79.9. The molecule has 2 aliphatic rings. The highest BCUT2D eigenvalue weighted by Gasteiger charge is 2.53. The number of hydrogen-bond acceptors (Lipinski definition) is 3. The largest absolute Gasteiger partial charge is 0.356 e. The SMILES string of the molecule is CCC[C@@H]1CC(=O)C[C@@]2(O1)C(=O)Nc1ccc(Br)cc12. The number of anilines is 1. The first-order valence-electron chi connectivity index (χ1n) is 6.86. The van der Waals surface area contributed by atoms with Gasteiger partial charge < -0.3 is 10.1 Å². The lowest BCUT2D eigenvalue weighted by molar-refractivity contribution is -0.170. The molecule has 106 valence electrons. The third kappa shape index (κ3) is 2.09. The lowest BCUT2D eigenvalue weighted by atomic mass is 9.84. The van der Waals surface area contributed by atoms with Gasteiger partial charge in [-0.1, -0.05) is 29.3 Å². The van der Waals surface area contributed by atoms with Crippen LogP contribution in [0.2, 0.25) is 0 Å². The van der Waals surface area contributed by atoms with E-state index < -0.39 is 5.60 Å². The van der Waals surface area contributed by atoms with Crippen LogP contribution in [0.15, 0.2) is 22.7 Å². The zero-order valence-electron chi connectivity index (χ0n) is 11.2. The summed E-state index contributed by atoms with van der Waals surface area (Å²) in [6.45, 7) is 2.05. The van der Waals surface area contributed by atoms with E-state index in [0.717, 1.165) is 28.6 Å². The molecule has 0 saturated carbocycles. The number of halogens is 1. The summed E-state index contributed by atoms with van der Waals surface area (Å²) in [6, 6.07) is 5.57. The van der Waals surface area contributed by atoms with E-state index in [0.29, 0.717) is 6.42 Å². The number of benzene rings is 1. The van der Waals surface area contributed by atoms with E-state index in [1.54, 1.807) is 0 Å². The molecule has 2 heterocycles. The molecule has 2 aliphatic heterocycles. The fourth-order valence-electron chi connectivity index (χ4n) is 3.05. The highest BCUT2D eigenvalue weighted by Crippen LogP contribution is 2.46. The predicted molar refractivity (Wildman–Crippen MR) is 78.5 cm³/mol. The Morgan fingerprint density at radius 1 is 1.45 bits per heavy atom. The first kappa shape index (κ1) is 13.8. The predicted octanol–water partition coefficient (Wildman–Crippen LogP) is 3.14. The van der Waals surface area contributed by atoms with Crippen LogP contribution in [0.25, 0.3) is 0 Å². The van der Waals surface area contributed by atoms with Crippen molar-refractivity contribution in [3.63, 3.8) is 0 Å². The van der Waals surface area contributed by atoms with Gasteiger partial charge >= 0.3 is 0 Å². The number of ether oxygens (including phenoxy) is 1. The summed E-state index contributed by atoms with van der Waals surface area (Å²) in [5.41, 5.74) is 0.378. The van der Waals surface area contributed by atoms with Gasteiger partial charge in [0.2, 0.25) is 0 Å². The quantitative estimate of drug-likeness (QED) is 0.901. The summed E-state index contributed by atoms with van der Waals surface area (Å²) in [4.78, 5) is 24.5. The summed E-state index contributed by atoms with van der Waals surface area (Å²) in [5, 5.41) is 2.83. The van der Waals surface area contributed by atoms with Crippen LogP contribution in [0, 0.1) is 0 Å². The Bertz CT molecular complexity index is 586. The molecule has 20 heavy (non-hydrogen) atoms. The normalized spacial score (nSPS) is 28.6. The second-order valence-electron chi connectivity index (χ2n) is 5.42. The molecule has 1 amide bonds. The minimum Gasteiger partial charge on any atom is -0.356 e. The third-order valence-corrected chi connectivity index (χ3v) is 4.40. The number of nitrogens with one attached hydrogen (secondary N) is 1. The van der Waals surface area contributed by atoms with Gasteiger partial charge in [0.1, 0.15) is 5.78 Å². The number of carbonyl (C=O) groups excluding carboxylic acids is 2. The van der Waals surface area contributed by atoms with E-state index in [4.69, 9.17) is 4.74 Å². The summed E-state index contributed by atoms with van der Waals surface area (Å²) >= 11 is 3.42. The van der Waals surface area contributed by atoms with Gasteiger partial charge in [0.25, 0.3) is 5.91 Å². The monoisotopic (exact) mass is 337 g/mol. The van der Waals surface area contributed by atoms with Crippen molar-refractivity contribution in [2.24, 2.45) is 0 Å². The molecule has 0 radical (unpaired) electrons. The molecule has 1 aromatic rings. The van der Waals surface area contributed by atoms with Gasteiger partial charge in [-0.25, -0.2) is 0 Å². The Hall–Kier alpha value is -1.20. The lowest BCUT2D eigenvalue weighted by Crippen LogP contribution is -2.47. The molecular weight excluding hydrogens is 322 g/mol. The minimum absolute atomic E-state index is 0.0951. The van der Waals surface area contributed by atoms with E-state index in [9.17, 15) is 9.59 Å². The Morgan fingerprint density at radius 3 is 3.00 bits per heavy atom. The Labute approximate surface area is 126 Å². The zero-order valence-corrected chi connectivity index (χ0v) is 12.8. The molecular formula is C15H16BrNO3. The van der Waals surface area contributed by atoms with Gasteiger partial charge in [0, 0.05) is 28.6 Å². The second kappa shape index (κ2) is 4.97. The van der Waals surface area contributed by atoms with Crippen molar-refractivity contribution in [3.8, 4) is 0 Å². The van der Waals surface area contributed by atoms with Gasteiger partial charge in [0.15, 0.2) is 5.60 Å². The number of hydrogen-bond donors (Lipinski definition) is 1. The highest BCUT2D eigenvalue weighted by molar-refractivity contribution is 9.10. The van der Waals surface area contributed by atoms with Crippen LogP contribution in [0.4, 0.5) is 5.69 Å². The Kier molecular flexibility index (Phi) is 3.42. The fraction of sp³-hybridized carbons (Fsp3) is 0.467. The van der Waals surface area contributed by atoms with E-state index in [2.05, 4.69) is 21.2 Å². The van der Waals surface area contributed by atoms with Gasteiger partial charge in [-0.2, -0.15) is 0 Å². The van der Waals surface area contributed by atoms with Crippen LogP contribution in [0.1, 0.15) is 38.2 Å². The number of Topliss-reactive ketones (excluding diaryl/α,β-unsaturated/α-hetero) is 1.